The third-order valence-electron chi connectivity index (χ3n) is 4.43. The number of nitrogens with zero attached hydrogens (tertiary/aromatic N) is 1. The number of Topliss-reactive ketones (excluding diaryl/α,β-unsaturated/α-hetero) is 1. The molecule has 2 N–H and O–H groups in total. The van der Waals surface area contributed by atoms with Gasteiger partial charge in [-0.25, -0.2) is 18.1 Å². The molecule has 1 amide bonds. The van der Waals surface area contributed by atoms with Crippen molar-refractivity contribution < 1.29 is 22.7 Å². The topological polar surface area (TPSA) is 114 Å². The molecule has 0 radical (unpaired) electrons. The van der Waals surface area contributed by atoms with Gasteiger partial charge in [0, 0.05) is 29.5 Å². The Bertz CT molecular complexity index is 1200. The molecule has 3 aromatic rings. The minimum absolute atomic E-state index is 0.0282. The highest BCUT2D eigenvalue weighted by Gasteiger charge is 2.16. The van der Waals surface area contributed by atoms with Crippen molar-refractivity contribution in [1.82, 2.24) is 9.71 Å². The molecule has 2 aromatic carbocycles. The van der Waals surface area contributed by atoms with E-state index in [0.717, 1.165) is 5.56 Å². The van der Waals surface area contributed by atoms with Crippen LogP contribution in [0.5, 0.6) is 5.75 Å². The molecule has 1 heterocycles. The van der Waals surface area contributed by atoms with Gasteiger partial charge in [0.25, 0.3) is 0 Å². The molecule has 0 fully saturated rings. The average Bonchev–Trinajstić information content (AvgIpc) is 3.22. The second-order valence-electron chi connectivity index (χ2n) is 6.74. The summed E-state index contributed by atoms with van der Waals surface area (Å²) in [5, 5.41) is 4.92. The van der Waals surface area contributed by atoms with Crippen LogP contribution < -0.4 is 14.8 Å². The third-order valence-corrected chi connectivity index (χ3v) is 6.66. The summed E-state index contributed by atoms with van der Waals surface area (Å²) in [5.74, 6) is 0.202. The maximum absolute atomic E-state index is 12.3. The van der Waals surface area contributed by atoms with E-state index >= 15 is 0 Å². The molecule has 0 aliphatic heterocycles. The van der Waals surface area contributed by atoms with Gasteiger partial charge < -0.3 is 10.1 Å². The SMILES string of the molecule is CCOc1ccccc1-c1csc(NC(=O)CCNS(=O)(=O)c2ccc(C(C)=O)cc2)n1. The molecule has 1 aromatic heterocycles. The Morgan fingerprint density at radius 2 is 1.81 bits per heavy atom. The van der Waals surface area contributed by atoms with E-state index in [1.165, 1.54) is 42.5 Å². The summed E-state index contributed by atoms with van der Waals surface area (Å²) in [6.07, 6.45) is -0.0603. The normalized spacial score (nSPS) is 11.2. The van der Waals surface area contributed by atoms with E-state index in [1.807, 2.05) is 36.6 Å². The van der Waals surface area contributed by atoms with E-state index in [1.54, 1.807) is 0 Å². The number of benzene rings is 2. The van der Waals surface area contributed by atoms with E-state index in [0.29, 0.717) is 28.7 Å². The van der Waals surface area contributed by atoms with Crippen LogP contribution in [0.4, 0.5) is 5.13 Å². The number of ether oxygens (including phenoxy) is 1. The number of anilines is 1. The predicted octanol–water partition coefficient (Wildman–Crippen LogP) is 3.72. The van der Waals surface area contributed by atoms with E-state index in [4.69, 9.17) is 4.74 Å². The first-order valence-electron chi connectivity index (χ1n) is 9.88. The van der Waals surface area contributed by atoms with Crippen LogP contribution in [-0.4, -0.2) is 38.2 Å². The second-order valence-corrected chi connectivity index (χ2v) is 9.37. The van der Waals surface area contributed by atoms with Crippen LogP contribution in [0.1, 0.15) is 30.6 Å². The Morgan fingerprint density at radius 3 is 2.50 bits per heavy atom. The van der Waals surface area contributed by atoms with Gasteiger partial charge >= 0.3 is 0 Å². The van der Waals surface area contributed by atoms with Crippen molar-refractivity contribution in [2.75, 3.05) is 18.5 Å². The lowest BCUT2D eigenvalue weighted by Gasteiger charge is -2.08. The number of para-hydroxylation sites is 1. The van der Waals surface area contributed by atoms with Gasteiger partial charge in [-0.2, -0.15) is 0 Å². The lowest BCUT2D eigenvalue weighted by Crippen LogP contribution is -2.27. The lowest BCUT2D eigenvalue weighted by atomic mass is 10.1. The Labute approximate surface area is 190 Å². The Kier molecular flexibility index (Phi) is 7.73. The van der Waals surface area contributed by atoms with Crippen LogP contribution in [0.15, 0.2) is 58.8 Å². The number of hydrogen-bond donors (Lipinski definition) is 2. The Hall–Kier alpha value is -3.08. The van der Waals surface area contributed by atoms with Crippen molar-refractivity contribution in [3.05, 3.63) is 59.5 Å². The highest BCUT2D eigenvalue weighted by Crippen LogP contribution is 2.32. The average molecular weight is 474 g/mol. The standard InChI is InChI=1S/C22H23N3O5S2/c1-3-30-20-7-5-4-6-18(20)19-14-31-22(24-19)25-21(27)12-13-23-32(28,29)17-10-8-16(9-11-17)15(2)26/h4-11,14,23H,3,12-13H2,1-2H3,(H,24,25,27). The van der Waals surface area contributed by atoms with Gasteiger partial charge in [0.1, 0.15) is 5.75 Å². The molecule has 0 aliphatic carbocycles. The number of ketones is 1. The number of hydrogen-bond acceptors (Lipinski definition) is 7. The molecule has 3 rings (SSSR count). The maximum Gasteiger partial charge on any atom is 0.240 e. The number of aromatic nitrogens is 1. The number of sulfonamides is 1. The summed E-state index contributed by atoms with van der Waals surface area (Å²) in [6.45, 7) is 3.76. The molecule has 0 unspecified atom stereocenters. The number of carbonyl (C=O) groups is 2. The fraction of sp³-hybridized carbons (Fsp3) is 0.227. The first-order chi connectivity index (χ1) is 15.3. The number of rotatable bonds is 10. The van der Waals surface area contributed by atoms with Gasteiger partial charge in [-0.15, -0.1) is 11.3 Å². The minimum Gasteiger partial charge on any atom is -0.493 e. The van der Waals surface area contributed by atoms with Gasteiger partial charge in [-0.3, -0.25) is 9.59 Å². The fourth-order valence-corrected chi connectivity index (χ4v) is 4.61. The number of carbonyl (C=O) groups excluding carboxylic acids is 2. The van der Waals surface area contributed by atoms with Gasteiger partial charge in [0.15, 0.2) is 10.9 Å². The van der Waals surface area contributed by atoms with Crippen molar-refractivity contribution in [3.63, 3.8) is 0 Å². The van der Waals surface area contributed by atoms with Crippen LogP contribution in [0.3, 0.4) is 0 Å². The largest absolute Gasteiger partial charge is 0.493 e. The molecular weight excluding hydrogens is 450 g/mol. The van der Waals surface area contributed by atoms with E-state index < -0.39 is 10.0 Å². The molecule has 168 valence electrons. The van der Waals surface area contributed by atoms with Crippen LogP contribution in [0, 0.1) is 0 Å². The van der Waals surface area contributed by atoms with Crippen molar-refractivity contribution >= 4 is 38.2 Å². The molecular formula is C22H23N3O5S2. The zero-order valence-electron chi connectivity index (χ0n) is 17.6. The van der Waals surface area contributed by atoms with Gasteiger partial charge in [-0.05, 0) is 38.1 Å². The molecule has 0 saturated heterocycles. The Balaban J connectivity index is 1.55. The minimum atomic E-state index is -3.78. The van der Waals surface area contributed by atoms with Crippen LogP contribution in [-0.2, 0) is 14.8 Å². The first-order valence-corrected chi connectivity index (χ1v) is 12.2. The third kappa shape index (κ3) is 6.00. The molecule has 8 nitrogen and oxygen atoms in total. The summed E-state index contributed by atoms with van der Waals surface area (Å²) in [7, 11) is -3.78. The van der Waals surface area contributed by atoms with Crippen molar-refractivity contribution in [1.29, 1.82) is 0 Å². The lowest BCUT2D eigenvalue weighted by molar-refractivity contribution is -0.116. The smallest absolute Gasteiger partial charge is 0.240 e. The summed E-state index contributed by atoms with van der Waals surface area (Å²) in [5.41, 5.74) is 1.94. The number of thiazole rings is 1. The molecule has 10 heteroatoms. The fourth-order valence-electron chi connectivity index (χ4n) is 2.85. The van der Waals surface area contributed by atoms with Crippen molar-refractivity contribution in [2.45, 2.75) is 25.2 Å². The van der Waals surface area contributed by atoms with Crippen LogP contribution in [0.2, 0.25) is 0 Å². The zero-order chi connectivity index (χ0) is 23.1. The number of nitrogens with one attached hydrogen (secondary N) is 2. The zero-order valence-corrected chi connectivity index (χ0v) is 19.3. The molecule has 0 saturated carbocycles. The highest BCUT2D eigenvalue weighted by molar-refractivity contribution is 7.89. The van der Waals surface area contributed by atoms with Crippen molar-refractivity contribution in [3.8, 4) is 17.0 Å². The van der Waals surface area contributed by atoms with E-state index in [2.05, 4.69) is 15.0 Å². The van der Waals surface area contributed by atoms with Crippen LogP contribution >= 0.6 is 11.3 Å². The summed E-state index contributed by atoms with van der Waals surface area (Å²) in [6, 6.07) is 13.1. The molecule has 0 spiro atoms. The first kappa shape index (κ1) is 23.6. The molecule has 32 heavy (non-hydrogen) atoms. The van der Waals surface area contributed by atoms with E-state index in [9.17, 15) is 18.0 Å². The van der Waals surface area contributed by atoms with E-state index in [-0.39, 0.29) is 29.6 Å². The molecule has 0 bridgehead atoms. The van der Waals surface area contributed by atoms with Crippen molar-refractivity contribution in [2.24, 2.45) is 0 Å². The highest BCUT2D eigenvalue weighted by atomic mass is 32.2. The van der Waals surface area contributed by atoms with Crippen LogP contribution in [0.25, 0.3) is 11.3 Å². The number of amides is 1. The summed E-state index contributed by atoms with van der Waals surface area (Å²) >= 11 is 1.27. The van der Waals surface area contributed by atoms with Gasteiger partial charge in [0.05, 0.1) is 17.2 Å². The van der Waals surface area contributed by atoms with Gasteiger partial charge in [-0.1, -0.05) is 24.3 Å². The Morgan fingerprint density at radius 1 is 1.09 bits per heavy atom. The summed E-state index contributed by atoms with van der Waals surface area (Å²) < 4.78 is 32.7. The monoisotopic (exact) mass is 473 g/mol. The molecule has 0 aliphatic rings. The second kappa shape index (κ2) is 10.5. The van der Waals surface area contributed by atoms with Gasteiger partial charge in [0.2, 0.25) is 15.9 Å². The maximum atomic E-state index is 12.3. The predicted molar refractivity (Wildman–Crippen MR) is 124 cm³/mol. The quantitative estimate of drug-likeness (QED) is 0.434. The molecule has 0 atom stereocenters. The summed E-state index contributed by atoms with van der Waals surface area (Å²) in [4.78, 5) is 28.0.